The van der Waals surface area contributed by atoms with Crippen LogP contribution in [0.4, 0.5) is 8.78 Å². The quantitative estimate of drug-likeness (QED) is 0.633. The number of aliphatic hydroxyl groups excluding tert-OH is 1. The maximum Gasteiger partial charge on any atom is 0.228 e. The molecular formula is C23H28F2O5S. The summed E-state index contributed by atoms with van der Waals surface area (Å²) in [6.45, 7) is 6.06. The van der Waals surface area contributed by atoms with Gasteiger partial charge in [-0.05, 0) is 67.5 Å². The third kappa shape index (κ3) is 2.64. The van der Waals surface area contributed by atoms with E-state index in [2.05, 4.69) is 0 Å². The van der Waals surface area contributed by atoms with E-state index in [1.807, 2.05) is 0 Å². The van der Waals surface area contributed by atoms with Gasteiger partial charge in [0.25, 0.3) is 0 Å². The van der Waals surface area contributed by atoms with Crippen molar-refractivity contribution in [3.05, 3.63) is 23.8 Å². The first-order valence-corrected chi connectivity index (χ1v) is 11.5. The van der Waals surface area contributed by atoms with Gasteiger partial charge in [0.05, 0.1) is 6.10 Å². The average Bonchev–Trinajstić information content (AvgIpc) is 2.87. The summed E-state index contributed by atoms with van der Waals surface area (Å²) in [5.41, 5.74) is -6.91. The lowest BCUT2D eigenvalue weighted by Gasteiger charge is -2.63. The van der Waals surface area contributed by atoms with Gasteiger partial charge in [0.2, 0.25) is 5.12 Å². The van der Waals surface area contributed by atoms with Crippen LogP contribution in [-0.2, 0) is 14.4 Å². The molecule has 5 nitrogen and oxygen atoms in total. The van der Waals surface area contributed by atoms with Gasteiger partial charge in [0, 0.05) is 23.7 Å². The van der Waals surface area contributed by atoms with Crippen LogP contribution >= 0.6 is 11.8 Å². The van der Waals surface area contributed by atoms with E-state index < -0.39 is 68.1 Å². The summed E-state index contributed by atoms with van der Waals surface area (Å²) in [5.74, 6) is -2.56. The molecule has 0 aromatic rings. The zero-order valence-corrected chi connectivity index (χ0v) is 18.8. The summed E-state index contributed by atoms with van der Waals surface area (Å²) >= 11 is 0.421. The highest BCUT2D eigenvalue weighted by molar-refractivity contribution is 8.26. The SMILES string of the molecule is CC(=O)SC(=O)[C@@]1(O)[C@H](C)C[C@H]2[C@@H]3C[C@H](F)C4=CC(=O)C=C[C@]4(C)[C@@]3(F)[C@@H](O)C[C@@]21C. The van der Waals surface area contributed by atoms with Gasteiger partial charge in [-0.3, -0.25) is 14.4 Å². The fourth-order valence-corrected chi connectivity index (χ4v) is 8.03. The lowest BCUT2D eigenvalue weighted by molar-refractivity contribution is -0.221. The van der Waals surface area contributed by atoms with E-state index in [4.69, 9.17) is 0 Å². The van der Waals surface area contributed by atoms with Crippen LogP contribution in [0.5, 0.6) is 0 Å². The molecule has 4 aliphatic rings. The Hall–Kier alpha value is -1.38. The predicted octanol–water partition coefficient (Wildman–Crippen LogP) is 3.09. The second-order valence-corrected chi connectivity index (χ2v) is 11.3. The summed E-state index contributed by atoms with van der Waals surface area (Å²) in [6.07, 6.45) is 0.342. The van der Waals surface area contributed by atoms with Gasteiger partial charge in [-0.15, -0.1) is 0 Å². The lowest BCUT2D eigenvalue weighted by Crippen LogP contribution is -2.70. The summed E-state index contributed by atoms with van der Waals surface area (Å²) < 4.78 is 32.3. The first-order valence-electron chi connectivity index (χ1n) is 10.6. The molecule has 170 valence electrons. The van der Waals surface area contributed by atoms with Crippen molar-refractivity contribution in [1.82, 2.24) is 0 Å². The third-order valence-corrected chi connectivity index (χ3v) is 9.54. The molecule has 31 heavy (non-hydrogen) atoms. The third-order valence-electron chi connectivity index (χ3n) is 8.76. The van der Waals surface area contributed by atoms with E-state index in [0.29, 0.717) is 11.8 Å². The van der Waals surface area contributed by atoms with Gasteiger partial charge in [-0.1, -0.05) is 19.9 Å². The smallest absolute Gasteiger partial charge is 0.228 e. The van der Waals surface area contributed by atoms with E-state index in [0.717, 1.165) is 6.08 Å². The fraction of sp³-hybridized carbons (Fsp3) is 0.696. The van der Waals surface area contributed by atoms with Crippen molar-refractivity contribution >= 4 is 27.8 Å². The highest BCUT2D eigenvalue weighted by Gasteiger charge is 2.76. The van der Waals surface area contributed by atoms with Crippen LogP contribution in [-0.4, -0.2) is 49.8 Å². The standard InChI is InChI=1S/C23H28F2O5S/c1-11-7-14-15-9-17(24)16-8-13(27)5-6-20(16,3)22(15,25)18(28)10-21(14,4)23(11,30)19(29)31-12(2)26/h5-6,8,11,14-15,17-18,28,30H,7,9-10H2,1-4H3/t11-,14+,15+,17+,18+,20+,21+,22+,23+/m1/s1. The number of allylic oxidation sites excluding steroid dienone is 4. The fourth-order valence-electron chi connectivity index (χ4n) is 7.18. The van der Waals surface area contributed by atoms with Crippen molar-refractivity contribution in [3.63, 3.8) is 0 Å². The lowest BCUT2D eigenvalue weighted by atomic mass is 9.44. The largest absolute Gasteiger partial charge is 0.390 e. The highest BCUT2D eigenvalue weighted by Crippen LogP contribution is 2.71. The molecule has 4 aliphatic carbocycles. The minimum absolute atomic E-state index is 0.0333. The van der Waals surface area contributed by atoms with Gasteiger partial charge < -0.3 is 10.2 Å². The molecule has 3 saturated carbocycles. The number of carbonyl (C=O) groups is 3. The zero-order chi connectivity index (χ0) is 23.1. The number of hydrogen-bond acceptors (Lipinski definition) is 6. The molecule has 4 rings (SSSR count). The van der Waals surface area contributed by atoms with Gasteiger partial charge in [-0.2, -0.15) is 0 Å². The van der Waals surface area contributed by atoms with E-state index >= 15 is 8.78 Å². The average molecular weight is 455 g/mol. The minimum Gasteiger partial charge on any atom is -0.390 e. The van der Waals surface area contributed by atoms with Crippen molar-refractivity contribution in [2.24, 2.45) is 28.6 Å². The molecular weight excluding hydrogens is 426 g/mol. The number of rotatable bonds is 1. The minimum atomic E-state index is -2.26. The molecule has 0 radical (unpaired) electrons. The van der Waals surface area contributed by atoms with E-state index in [-0.39, 0.29) is 24.8 Å². The Bertz CT molecular complexity index is 933. The second kappa shape index (κ2) is 6.81. The molecule has 3 fully saturated rings. The summed E-state index contributed by atoms with van der Waals surface area (Å²) in [5, 5.41) is 21.6. The molecule has 0 aromatic carbocycles. The Morgan fingerprint density at radius 3 is 2.48 bits per heavy atom. The summed E-state index contributed by atoms with van der Waals surface area (Å²) in [7, 11) is 0. The van der Waals surface area contributed by atoms with Gasteiger partial charge >= 0.3 is 0 Å². The molecule has 2 N–H and O–H groups in total. The highest BCUT2D eigenvalue weighted by atomic mass is 32.2. The number of ketones is 1. The first kappa shape index (κ1) is 22.8. The number of aliphatic hydroxyl groups is 2. The Morgan fingerprint density at radius 1 is 1.23 bits per heavy atom. The molecule has 0 heterocycles. The second-order valence-electron chi connectivity index (χ2n) is 10.1. The topological polar surface area (TPSA) is 91.7 Å². The Kier molecular flexibility index (Phi) is 5.01. The maximum absolute atomic E-state index is 17.0. The van der Waals surface area contributed by atoms with Gasteiger partial charge in [0.1, 0.15) is 11.8 Å². The van der Waals surface area contributed by atoms with E-state index in [1.54, 1.807) is 13.8 Å². The van der Waals surface area contributed by atoms with Crippen LogP contribution in [0.15, 0.2) is 23.8 Å². The Labute approximate surface area is 184 Å². The molecule has 0 saturated heterocycles. The Balaban J connectivity index is 1.83. The van der Waals surface area contributed by atoms with E-state index in [9.17, 15) is 24.6 Å². The number of thioether (sulfide) groups is 1. The van der Waals surface area contributed by atoms with Crippen LogP contribution < -0.4 is 0 Å². The number of hydrogen-bond donors (Lipinski definition) is 2. The molecule has 0 amide bonds. The zero-order valence-electron chi connectivity index (χ0n) is 18.0. The van der Waals surface area contributed by atoms with Crippen molar-refractivity contribution < 1.29 is 33.4 Å². The van der Waals surface area contributed by atoms with Crippen LogP contribution in [0.2, 0.25) is 0 Å². The van der Waals surface area contributed by atoms with E-state index in [1.165, 1.54) is 26.0 Å². The normalized spacial score (nSPS) is 50.9. The molecule has 9 atom stereocenters. The predicted molar refractivity (Wildman–Crippen MR) is 111 cm³/mol. The molecule has 8 heteroatoms. The van der Waals surface area contributed by atoms with Crippen LogP contribution in [0.3, 0.4) is 0 Å². The molecule has 0 aliphatic heterocycles. The Morgan fingerprint density at radius 2 is 1.87 bits per heavy atom. The monoisotopic (exact) mass is 454 g/mol. The summed E-state index contributed by atoms with van der Waals surface area (Å²) in [4.78, 5) is 36.4. The number of halogens is 2. The maximum atomic E-state index is 17.0. The number of alkyl halides is 2. The van der Waals surface area contributed by atoms with Crippen LogP contribution in [0.25, 0.3) is 0 Å². The summed E-state index contributed by atoms with van der Waals surface area (Å²) in [6, 6.07) is 0. The van der Waals surface area contributed by atoms with Crippen molar-refractivity contribution in [2.75, 3.05) is 0 Å². The van der Waals surface area contributed by atoms with Crippen molar-refractivity contribution in [3.8, 4) is 0 Å². The molecule has 0 aromatic heterocycles. The number of carbonyl (C=O) groups excluding carboxylic acids is 3. The van der Waals surface area contributed by atoms with Crippen LogP contribution in [0, 0.1) is 28.6 Å². The number of fused-ring (bicyclic) bond motifs is 5. The molecule has 0 spiro atoms. The van der Waals surface area contributed by atoms with Crippen molar-refractivity contribution in [2.45, 2.75) is 70.5 Å². The molecule has 0 bridgehead atoms. The van der Waals surface area contributed by atoms with Crippen molar-refractivity contribution in [1.29, 1.82) is 0 Å². The molecule has 0 unspecified atom stereocenters. The first-order chi connectivity index (χ1) is 14.2. The van der Waals surface area contributed by atoms with Crippen LogP contribution in [0.1, 0.15) is 47.0 Å². The van der Waals surface area contributed by atoms with Gasteiger partial charge in [-0.25, -0.2) is 8.78 Å². The van der Waals surface area contributed by atoms with Gasteiger partial charge in [0.15, 0.2) is 16.6 Å².